The number of hydrogen-bond donors (Lipinski definition) is 4. The summed E-state index contributed by atoms with van der Waals surface area (Å²) in [7, 11) is 0. The van der Waals surface area contributed by atoms with Crippen molar-refractivity contribution in [1.29, 1.82) is 0 Å². The fraction of sp³-hybridized carbons (Fsp3) is 0.514. The van der Waals surface area contributed by atoms with Gasteiger partial charge in [-0.2, -0.15) is 0 Å². The Bertz CT molecular complexity index is 1950. The van der Waals surface area contributed by atoms with Crippen LogP contribution in [0.5, 0.6) is 0 Å². The highest BCUT2D eigenvalue weighted by atomic mass is 19.3. The number of rotatable bonds is 9. The van der Waals surface area contributed by atoms with Gasteiger partial charge in [0.15, 0.2) is 5.69 Å². The summed E-state index contributed by atoms with van der Waals surface area (Å²) in [6, 6.07) is 10.1. The summed E-state index contributed by atoms with van der Waals surface area (Å²) in [5, 5.41) is 18.9. The number of nitrogens with one attached hydrogen (secondary N) is 4. The second-order valence-electron chi connectivity index (χ2n) is 15.5. The van der Waals surface area contributed by atoms with Crippen molar-refractivity contribution in [3.8, 4) is 0 Å². The van der Waals surface area contributed by atoms with Gasteiger partial charge >= 0.3 is 6.03 Å². The molecule has 3 saturated carbocycles. The van der Waals surface area contributed by atoms with Crippen LogP contribution in [0, 0.1) is 24.1 Å². The Hall–Kier alpha value is -4.95. The molecule has 1 aromatic heterocycles. The molecule has 0 bridgehead atoms. The van der Waals surface area contributed by atoms with Crippen molar-refractivity contribution in [2.75, 3.05) is 18.4 Å². The molecule has 4 aliphatic carbocycles. The number of carbonyl (C=O) groups is 4. The van der Waals surface area contributed by atoms with Crippen molar-refractivity contribution >= 4 is 29.4 Å². The lowest BCUT2D eigenvalue weighted by atomic mass is 9.81. The lowest BCUT2D eigenvalue weighted by molar-refractivity contribution is -0.133. The van der Waals surface area contributed by atoms with Crippen molar-refractivity contribution in [1.82, 2.24) is 31.2 Å². The van der Waals surface area contributed by atoms with Gasteiger partial charge in [0, 0.05) is 55.4 Å². The van der Waals surface area contributed by atoms with Crippen molar-refractivity contribution < 1.29 is 37.0 Å². The van der Waals surface area contributed by atoms with Crippen LogP contribution in [0.15, 0.2) is 47.1 Å². The van der Waals surface area contributed by atoms with Crippen LogP contribution >= 0.6 is 0 Å². The number of aryl methyl sites for hydroxylation is 1. The molecule has 5 aliphatic rings. The number of aromatic nitrogens is 2. The predicted molar refractivity (Wildman–Crippen MR) is 180 cm³/mol. The highest BCUT2D eigenvalue weighted by Crippen LogP contribution is 2.51. The Morgan fingerprint density at radius 2 is 1.71 bits per heavy atom. The van der Waals surface area contributed by atoms with Gasteiger partial charge in [0.2, 0.25) is 17.7 Å². The van der Waals surface area contributed by atoms with Gasteiger partial charge in [0.05, 0.1) is 5.54 Å². The van der Waals surface area contributed by atoms with Crippen LogP contribution in [0.2, 0.25) is 0 Å². The van der Waals surface area contributed by atoms with Crippen LogP contribution in [-0.4, -0.2) is 69.6 Å². The summed E-state index contributed by atoms with van der Waals surface area (Å²) in [5.41, 5.74) is 0.203. The van der Waals surface area contributed by atoms with E-state index in [0.29, 0.717) is 37.2 Å². The van der Waals surface area contributed by atoms with E-state index in [9.17, 15) is 32.3 Å². The average Bonchev–Trinajstić information content (AvgIpc) is 3.98. The number of amides is 5. The second-order valence-corrected chi connectivity index (χ2v) is 15.5. The summed E-state index contributed by atoms with van der Waals surface area (Å²) in [5.74, 6) is -5.47. The van der Waals surface area contributed by atoms with E-state index in [1.54, 1.807) is 41.3 Å². The maximum atomic E-state index is 15.0. The molecule has 2 atom stereocenters. The van der Waals surface area contributed by atoms with Crippen molar-refractivity contribution in [3.05, 3.63) is 76.4 Å². The Morgan fingerprint density at radius 1 is 0.981 bits per heavy atom. The molecule has 2 aromatic carbocycles. The quantitative estimate of drug-likeness (QED) is 0.253. The lowest BCUT2D eigenvalue weighted by Gasteiger charge is -2.45. The van der Waals surface area contributed by atoms with Crippen LogP contribution in [-0.2, 0) is 28.0 Å². The van der Waals surface area contributed by atoms with E-state index in [-0.39, 0.29) is 54.4 Å². The molecule has 4 fully saturated rings. The minimum Gasteiger partial charge on any atom is -0.344 e. The third-order valence-corrected chi connectivity index (χ3v) is 11.9. The summed E-state index contributed by atoms with van der Waals surface area (Å²) in [6.45, 7) is 2.49. The van der Waals surface area contributed by atoms with Gasteiger partial charge < -0.3 is 26.2 Å². The second kappa shape index (κ2) is 12.3. The fourth-order valence-corrected chi connectivity index (χ4v) is 8.32. The van der Waals surface area contributed by atoms with E-state index in [4.69, 9.17) is 0 Å². The first kappa shape index (κ1) is 34.2. The molecule has 3 aromatic rings. The first-order chi connectivity index (χ1) is 24.8. The molecule has 15 heteroatoms. The number of nitrogens with zero attached hydrogens (tertiary/aromatic N) is 3. The van der Waals surface area contributed by atoms with Crippen LogP contribution in [0.4, 0.5) is 23.7 Å². The molecular formula is C37H40F3N7O5. The van der Waals surface area contributed by atoms with Gasteiger partial charge in [-0.15, -0.1) is 0 Å². The monoisotopic (exact) mass is 719 g/mol. The first-order valence-corrected chi connectivity index (χ1v) is 17.8. The molecule has 4 N–H and O–H groups in total. The standard InChI is InChI=1S/C37H40F3N7O5/c1-21-28(46-52-45-21)30(48)43-29(22-8-10-37(39,40)11-9-22)31(49)42-25-7-6-23-17-36(18-24(23)16-25,47-20-34(12-13-34)19-41-33(47)51)32(50)44-35(14-15-35)26-4-2-3-5-27(26)38/h2-7,16,22,29H,8-15,17-20H2,1H3,(H,41,51)(H,42,49)(H,43,48)(H,44,50)/t29-,36?/m0/s1. The first-order valence-electron chi connectivity index (χ1n) is 17.8. The summed E-state index contributed by atoms with van der Waals surface area (Å²) in [4.78, 5) is 56.8. The molecule has 274 valence electrons. The molecule has 0 radical (unpaired) electrons. The number of alkyl halides is 2. The molecule has 52 heavy (non-hydrogen) atoms. The maximum absolute atomic E-state index is 15.0. The fourth-order valence-electron chi connectivity index (χ4n) is 8.32. The van der Waals surface area contributed by atoms with E-state index in [1.807, 2.05) is 0 Å². The summed E-state index contributed by atoms with van der Waals surface area (Å²) in [6.07, 6.45) is 2.62. The molecule has 2 heterocycles. The number of fused-ring (bicyclic) bond motifs is 1. The number of carbonyl (C=O) groups excluding carboxylic acids is 4. The molecule has 12 nitrogen and oxygen atoms in total. The molecule has 1 aliphatic heterocycles. The van der Waals surface area contributed by atoms with Gasteiger partial charge in [0.25, 0.3) is 5.91 Å². The van der Waals surface area contributed by atoms with E-state index in [1.165, 1.54) is 13.0 Å². The molecular weight excluding hydrogens is 679 g/mol. The third kappa shape index (κ3) is 6.17. The molecule has 1 saturated heterocycles. The predicted octanol–water partition coefficient (Wildman–Crippen LogP) is 4.53. The minimum absolute atomic E-state index is 0.0248. The Morgan fingerprint density at radius 3 is 2.38 bits per heavy atom. The Labute approximate surface area is 297 Å². The van der Waals surface area contributed by atoms with Crippen LogP contribution in [0.1, 0.15) is 84.2 Å². The van der Waals surface area contributed by atoms with E-state index >= 15 is 0 Å². The topological polar surface area (TPSA) is 159 Å². The zero-order valence-electron chi connectivity index (χ0n) is 28.7. The highest BCUT2D eigenvalue weighted by molar-refractivity contribution is 6.01. The maximum Gasteiger partial charge on any atom is 0.318 e. The van der Waals surface area contributed by atoms with Crippen LogP contribution < -0.4 is 21.3 Å². The number of hydrogen-bond acceptors (Lipinski definition) is 7. The molecule has 5 amide bonds. The van der Waals surface area contributed by atoms with Crippen molar-refractivity contribution in [3.63, 3.8) is 0 Å². The smallest absolute Gasteiger partial charge is 0.318 e. The largest absolute Gasteiger partial charge is 0.344 e. The number of halogens is 3. The molecule has 8 rings (SSSR count). The number of anilines is 1. The van der Waals surface area contributed by atoms with E-state index in [0.717, 1.165) is 24.0 Å². The zero-order chi connectivity index (χ0) is 36.5. The summed E-state index contributed by atoms with van der Waals surface area (Å²) < 4.78 is 47.8. The van der Waals surface area contributed by atoms with Gasteiger partial charge in [-0.25, -0.2) is 22.6 Å². The van der Waals surface area contributed by atoms with Gasteiger partial charge in [-0.05, 0) is 85.8 Å². The van der Waals surface area contributed by atoms with E-state index < -0.39 is 59.4 Å². The Balaban J connectivity index is 1.06. The van der Waals surface area contributed by atoms with E-state index in [2.05, 4.69) is 36.2 Å². The van der Waals surface area contributed by atoms with Crippen molar-refractivity contribution in [2.24, 2.45) is 11.3 Å². The number of benzene rings is 2. The minimum atomic E-state index is -2.84. The number of urea groups is 1. The van der Waals surface area contributed by atoms with Crippen LogP contribution in [0.25, 0.3) is 0 Å². The highest BCUT2D eigenvalue weighted by Gasteiger charge is 2.59. The lowest BCUT2D eigenvalue weighted by Crippen LogP contribution is -2.68. The van der Waals surface area contributed by atoms with Gasteiger partial charge in [-0.1, -0.05) is 29.4 Å². The summed E-state index contributed by atoms with van der Waals surface area (Å²) >= 11 is 0. The molecule has 1 spiro atoms. The van der Waals surface area contributed by atoms with Gasteiger partial charge in [-0.3, -0.25) is 14.4 Å². The third-order valence-electron chi connectivity index (χ3n) is 11.9. The molecule has 1 unspecified atom stereocenters. The van der Waals surface area contributed by atoms with Gasteiger partial charge in [0.1, 0.15) is 23.1 Å². The normalized spacial score (nSPS) is 24.4. The zero-order valence-corrected chi connectivity index (χ0v) is 28.7. The van der Waals surface area contributed by atoms with Crippen LogP contribution in [0.3, 0.4) is 0 Å². The SMILES string of the molecule is Cc1nonc1C(=O)N[C@H](C(=O)Nc1ccc2c(c1)CC(C(=O)NC1(c3ccccc3F)CC1)(N1CC3(CC3)CNC1=O)C2)C1CCC(F)(F)CC1. The van der Waals surface area contributed by atoms with Crippen molar-refractivity contribution in [2.45, 2.75) is 94.2 Å². The average molecular weight is 720 g/mol. The Kier molecular flexibility index (Phi) is 8.10.